The van der Waals surface area contributed by atoms with Crippen LogP contribution in [-0.2, 0) is 53.9 Å². The van der Waals surface area contributed by atoms with E-state index in [1.807, 2.05) is 42.5 Å². The largest absolute Gasteiger partial charge is 0.457 e. The minimum atomic E-state index is -1.89. The van der Waals surface area contributed by atoms with Crippen LogP contribution in [0.25, 0.3) is 0 Å². The van der Waals surface area contributed by atoms with Crippen LogP contribution < -0.4 is 10.1 Å². The summed E-state index contributed by atoms with van der Waals surface area (Å²) in [5.41, 5.74) is -1.09. The molecule has 4 aliphatic heterocycles. The van der Waals surface area contributed by atoms with Crippen molar-refractivity contribution in [2.24, 2.45) is 50.2 Å². The van der Waals surface area contributed by atoms with Crippen molar-refractivity contribution in [3.8, 4) is 11.5 Å². The molecule has 4 heterocycles. The summed E-state index contributed by atoms with van der Waals surface area (Å²) >= 11 is 0. The molecule has 2 aromatic rings. The number of unbranched alkanes of at least 4 members (excludes halogenated alkanes) is 5. The number of carbonyl (C=O) groups excluding carboxylic acids is 2. The maximum atomic E-state index is 15.6. The zero-order chi connectivity index (χ0) is 69.2. The van der Waals surface area contributed by atoms with E-state index in [0.717, 1.165) is 81.3 Å². The number of rotatable bonds is 20. The number of ether oxygens (including phenoxy) is 9. The molecule has 0 radical (unpaired) electrons. The van der Waals surface area contributed by atoms with Crippen LogP contribution in [0.15, 0.2) is 66.2 Å². The number of para-hydroxylation sites is 1. The van der Waals surface area contributed by atoms with Crippen LogP contribution in [-0.4, -0.2) is 210 Å². The molecule has 12 N–H and O–H groups in total. The molecule has 5 aliphatic carbocycles. The van der Waals surface area contributed by atoms with E-state index in [-0.39, 0.29) is 47.5 Å². The lowest BCUT2D eigenvalue weighted by molar-refractivity contribution is -0.373. The van der Waals surface area contributed by atoms with E-state index in [2.05, 4.69) is 72.0 Å². The summed E-state index contributed by atoms with van der Waals surface area (Å²) in [6.45, 7) is 18.6. The zero-order valence-electron chi connectivity index (χ0n) is 57.3. The van der Waals surface area contributed by atoms with E-state index in [0.29, 0.717) is 32.2 Å². The fourth-order valence-corrected chi connectivity index (χ4v) is 19.1. The lowest BCUT2D eigenvalue weighted by atomic mass is 9.33. The Hall–Kier alpha value is -3.80. The van der Waals surface area contributed by atoms with Gasteiger partial charge < -0.3 is 104 Å². The summed E-state index contributed by atoms with van der Waals surface area (Å²) in [5, 5.41) is 126. The number of benzene rings is 2. The van der Waals surface area contributed by atoms with Gasteiger partial charge in [-0.05, 0) is 166 Å². The minimum Gasteiger partial charge on any atom is -0.457 e. The summed E-state index contributed by atoms with van der Waals surface area (Å²) in [7, 11) is 0. The third-order valence-electron chi connectivity index (χ3n) is 25.0. The average molecular weight is 1350 g/mol. The second kappa shape index (κ2) is 28.9. The van der Waals surface area contributed by atoms with Crippen molar-refractivity contribution in [3.05, 3.63) is 71.8 Å². The SMILES string of the molecule is CC1O[C@@H](OC(=O)[C@]23CCC(C)(C)CC2C2=CCC4C5(C)CC[C@H](O[C@@H]6OC(C(=O)NCCCCCCCCc7ccc(Oc8ccccc8)cc7)[C@@H](O)[C@H](O)C6O)C(C)(C)[C@@H]5CCC4(C)[C@]2(C)CC3O)C(O[C@@H]2OC(C)[C@H](O[C@@H]3OC[C@@H](O)[C@H](O)C3O)[C@H](O)C2O)[C@@H](O)[C@H]1O. The standard InChI is InChI=1S/C73H109NO22/c1-38-50(77)53(80)61(95-64-58(85)55(82)59(39(2)90-64)93-63-56(83)51(78)45(75)37-88-63)66(89-38)96-67(87)73-33-32-68(3,4)35-44(73)43-26-27-47-70(7)30-29-49(69(5,6)46(70)28-31-71(47,8)72(43,9)36-48(73)76)92-65-57(84)52(79)54(81)60(94-65)62(86)74-34-18-13-11-10-12-15-19-40-22-24-42(25-23-40)91-41-20-16-14-17-21-41/h14,16-17,20-26,38-39,44-61,63-66,75-85H,10-13,15,18-19,27-37H2,1-9H3,(H,74,86)/t38?,39?,44?,45-,46+,47?,48?,49+,50+,51+,52+,53+,54+,55-,56?,57?,58?,59+,60?,61?,63+,64+,65-,66+,70?,71?,72-,73-/m1/s1. The molecule has 0 bridgehead atoms. The molecule has 2 aromatic carbocycles. The molecule has 0 spiro atoms. The number of fused-ring (bicyclic) bond motifs is 7. The van der Waals surface area contributed by atoms with Gasteiger partial charge >= 0.3 is 5.97 Å². The first-order valence-corrected chi connectivity index (χ1v) is 35.4. The smallest absolute Gasteiger partial charge is 0.317 e. The van der Waals surface area contributed by atoms with Gasteiger partial charge in [0.15, 0.2) is 31.1 Å². The first-order valence-electron chi connectivity index (χ1n) is 35.4. The van der Waals surface area contributed by atoms with Gasteiger partial charge in [-0.3, -0.25) is 9.59 Å². The number of aliphatic hydroxyl groups is 11. The molecule has 9 aliphatic rings. The molecule has 4 saturated carbocycles. The molecule has 23 nitrogen and oxygen atoms in total. The predicted molar refractivity (Wildman–Crippen MR) is 346 cm³/mol. The Morgan fingerprint density at radius 2 is 1.20 bits per heavy atom. The van der Waals surface area contributed by atoms with Crippen molar-refractivity contribution in [1.82, 2.24) is 5.32 Å². The number of nitrogens with one attached hydrogen (secondary N) is 1. The lowest BCUT2D eigenvalue weighted by Crippen LogP contribution is -2.68. The molecule has 96 heavy (non-hydrogen) atoms. The summed E-state index contributed by atoms with van der Waals surface area (Å²) in [6, 6.07) is 17.9. The summed E-state index contributed by atoms with van der Waals surface area (Å²) in [5.74, 6) is -0.00144. The number of aryl methyl sites for hydroxylation is 1. The molecule has 12 unspecified atom stereocenters. The second-order valence-corrected chi connectivity index (χ2v) is 31.8. The Kier molecular flexibility index (Phi) is 22.1. The molecular weight excluding hydrogens is 1240 g/mol. The van der Waals surface area contributed by atoms with Gasteiger partial charge in [0.2, 0.25) is 6.29 Å². The van der Waals surface area contributed by atoms with Crippen molar-refractivity contribution in [1.29, 1.82) is 0 Å². The molecule has 1 amide bonds. The van der Waals surface area contributed by atoms with Gasteiger partial charge in [-0.15, -0.1) is 0 Å². The monoisotopic (exact) mass is 1350 g/mol. The highest BCUT2D eigenvalue weighted by Crippen LogP contribution is 2.76. The maximum absolute atomic E-state index is 15.6. The number of aliphatic hydroxyl groups excluding tert-OH is 11. The van der Waals surface area contributed by atoms with E-state index >= 15 is 4.79 Å². The highest BCUT2D eigenvalue weighted by atomic mass is 16.8. The zero-order valence-corrected chi connectivity index (χ0v) is 57.3. The van der Waals surface area contributed by atoms with Gasteiger partial charge in [0.25, 0.3) is 5.91 Å². The first kappa shape index (κ1) is 73.4. The minimum absolute atomic E-state index is 0.101. The molecule has 8 fully saturated rings. The van der Waals surface area contributed by atoms with E-state index in [1.54, 1.807) is 0 Å². The van der Waals surface area contributed by atoms with E-state index in [4.69, 9.17) is 42.6 Å². The predicted octanol–water partition coefficient (Wildman–Crippen LogP) is 5.13. The number of esters is 1. The maximum Gasteiger partial charge on any atom is 0.317 e. The number of carbonyl (C=O) groups is 2. The number of amides is 1. The van der Waals surface area contributed by atoms with Crippen LogP contribution in [0.3, 0.4) is 0 Å². The van der Waals surface area contributed by atoms with Crippen molar-refractivity contribution in [2.75, 3.05) is 13.2 Å². The summed E-state index contributed by atoms with van der Waals surface area (Å²) < 4.78 is 54.6. The Balaban J connectivity index is 0.714. The van der Waals surface area contributed by atoms with Gasteiger partial charge in [-0.25, -0.2) is 0 Å². The van der Waals surface area contributed by atoms with Crippen LogP contribution in [0.4, 0.5) is 0 Å². The van der Waals surface area contributed by atoms with Crippen LogP contribution in [0, 0.1) is 50.2 Å². The number of hydrogen-bond donors (Lipinski definition) is 12. The summed E-state index contributed by atoms with van der Waals surface area (Å²) in [4.78, 5) is 29.2. The quantitative estimate of drug-likeness (QED) is 0.0354. The van der Waals surface area contributed by atoms with Gasteiger partial charge in [0, 0.05) is 6.54 Å². The van der Waals surface area contributed by atoms with Crippen LogP contribution in [0.1, 0.15) is 164 Å². The molecule has 11 rings (SSSR count). The summed E-state index contributed by atoms with van der Waals surface area (Å²) in [6.07, 6.45) is -16.9. The Bertz CT molecular complexity index is 2990. The molecule has 538 valence electrons. The highest BCUT2D eigenvalue weighted by molar-refractivity contribution is 5.82. The lowest BCUT2D eigenvalue weighted by Gasteiger charge is -2.71. The van der Waals surface area contributed by atoms with Gasteiger partial charge in [0.05, 0.1) is 31.0 Å². The molecular formula is C73H109NO22. The van der Waals surface area contributed by atoms with E-state index in [9.17, 15) is 61.0 Å². The normalized spacial score (nSPS) is 45.0. The highest BCUT2D eigenvalue weighted by Gasteiger charge is 2.72. The van der Waals surface area contributed by atoms with Crippen molar-refractivity contribution >= 4 is 11.9 Å². The topological polar surface area (TPSA) is 352 Å². The molecule has 4 saturated heterocycles. The molecule has 28 atom stereocenters. The van der Waals surface area contributed by atoms with E-state index in [1.165, 1.54) is 19.4 Å². The van der Waals surface area contributed by atoms with Crippen LogP contribution in [0.2, 0.25) is 0 Å². The van der Waals surface area contributed by atoms with Crippen LogP contribution >= 0.6 is 0 Å². The van der Waals surface area contributed by atoms with Gasteiger partial charge in [-0.1, -0.05) is 116 Å². The van der Waals surface area contributed by atoms with Crippen LogP contribution in [0.5, 0.6) is 11.5 Å². The van der Waals surface area contributed by atoms with Crippen molar-refractivity contribution in [2.45, 2.75) is 294 Å². The average Bonchev–Trinajstić information content (AvgIpc) is 0.672. The van der Waals surface area contributed by atoms with Gasteiger partial charge in [-0.2, -0.15) is 0 Å². The number of allylic oxidation sites excluding steroid dienone is 2. The first-order chi connectivity index (χ1) is 45.4. The Labute approximate surface area is 564 Å². The number of hydrogen-bond acceptors (Lipinski definition) is 22. The molecule has 0 aromatic heterocycles. The van der Waals surface area contributed by atoms with Gasteiger partial charge in [0.1, 0.15) is 84.1 Å². The molecule has 23 heteroatoms. The second-order valence-electron chi connectivity index (χ2n) is 31.8. The van der Waals surface area contributed by atoms with Crippen molar-refractivity contribution < 1.29 is 108 Å². The third kappa shape index (κ3) is 13.8. The Morgan fingerprint density at radius 3 is 1.92 bits per heavy atom. The van der Waals surface area contributed by atoms with Crippen molar-refractivity contribution in [3.63, 3.8) is 0 Å². The third-order valence-corrected chi connectivity index (χ3v) is 25.0. The Morgan fingerprint density at radius 1 is 0.573 bits per heavy atom. The fourth-order valence-electron chi connectivity index (χ4n) is 19.1. The fraction of sp³-hybridized carbons (Fsp3) is 0.781. The van der Waals surface area contributed by atoms with E-state index < -0.39 is 163 Å².